The zero-order valence-corrected chi connectivity index (χ0v) is 12.3. The number of aromatic nitrogens is 2. The van der Waals surface area contributed by atoms with E-state index in [0.717, 1.165) is 5.69 Å². The minimum atomic E-state index is -0.493. The molecule has 0 atom stereocenters. The van der Waals surface area contributed by atoms with Crippen molar-refractivity contribution in [3.63, 3.8) is 0 Å². The van der Waals surface area contributed by atoms with Crippen LogP contribution in [-0.2, 0) is 6.54 Å². The van der Waals surface area contributed by atoms with Gasteiger partial charge < -0.3 is 17.0 Å². The van der Waals surface area contributed by atoms with Crippen LogP contribution in [0.1, 0.15) is 16.1 Å². The van der Waals surface area contributed by atoms with Crippen LogP contribution in [-0.4, -0.2) is 15.7 Å². The van der Waals surface area contributed by atoms with Gasteiger partial charge in [-0.3, -0.25) is 14.9 Å². The van der Waals surface area contributed by atoms with Gasteiger partial charge in [0.15, 0.2) is 12.2 Å². The normalized spacial score (nSPS) is 9.65. The average molecular weight is 338 g/mol. The molecule has 2 aromatic rings. The second-order valence-corrected chi connectivity index (χ2v) is 4.10. The summed E-state index contributed by atoms with van der Waals surface area (Å²) in [5.74, 6) is -0.120. The van der Waals surface area contributed by atoms with Crippen molar-refractivity contribution in [2.24, 2.45) is 0 Å². The standard InChI is InChI=1S/C13H12N3O3.BrH/c1-10-6-7-15(9-14-10)8-13(17)11-2-4-12(5-3-11)16(18)19;/h2-7,9H,8H2,1H3;1H/q+1;/p-1. The third-order valence-electron chi connectivity index (χ3n) is 2.64. The van der Waals surface area contributed by atoms with Crippen molar-refractivity contribution in [1.82, 2.24) is 4.98 Å². The number of Topliss-reactive ketones (excluding diaryl/α,β-unsaturated/α-hetero) is 1. The zero-order valence-electron chi connectivity index (χ0n) is 10.7. The summed E-state index contributed by atoms with van der Waals surface area (Å²) in [6.45, 7) is 2.02. The molecule has 7 heteroatoms. The molecule has 0 bridgehead atoms. The number of hydrogen-bond donors (Lipinski definition) is 0. The number of rotatable bonds is 4. The van der Waals surface area contributed by atoms with Crippen LogP contribution in [0.4, 0.5) is 5.69 Å². The molecule has 0 spiro atoms. The number of ketones is 1. The van der Waals surface area contributed by atoms with Crippen molar-refractivity contribution in [2.75, 3.05) is 0 Å². The Morgan fingerprint density at radius 3 is 2.45 bits per heavy atom. The van der Waals surface area contributed by atoms with Gasteiger partial charge in [-0.15, -0.1) is 0 Å². The first-order valence-corrected chi connectivity index (χ1v) is 5.65. The molecule has 2 rings (SSSR count). The lowest BCUT2D eigenvalue weighted by Crippen LogP contribution is -3.00. The largest absolute Gasteiger partial charge is 1.00 e. The topological polar surface area (TPSA) is 77.0 Å². The van der Waals surface area contributed by atoms with Crippen LogP contribution in [0.15, 0.2) is 42.9 Å². The summed E-state index contributed by atoms with van der Waals surface area (Å²) < 4.78 is 1.66. The minimum Gasteiger partial charge on any atom is -1.00 e. The minimum absolute atomic E-state index is 0. The van der Waals surface area contributed by atoms with E-state index in [9.17, 15) is 14.9 Å². The Labute approximate surface area is 126 Å². The summed E-state index contributed by atoms with van der Waals surface area (Å²) in [7, 11) is 0. The second kappa shape index (κ2) is 6.85. The quantitative estimate of drug-likeness (QED) is 0.293. The lowest BCUT2D eigenvalue weighted by molar-refractivity contribution is -0.686. The number of benzene rings is 1. The highest BCUT2D eigenvalue weighted by Gasteiger charge is 2.12. The molecule has 0 radical (unpaired) electrons. The SMILES string of the molecule is Cc1cc[n+](CC(=O)c2ccc([N+](=O)[O-])cc2)cn1.[Br-]. The van der Waals surface area contributed by atoms with Gasteiger partial charge in [-0.2, -0.15) is 0 Å². The van der Waals surface area contributed by atoms with Crippen molar-refractivity contribution in [3.8, 4) is 0 Å². The lowest BCUT2D eigenvalue weighted by atomic mass is 10.1. The van der Waals surface area contributed by atoms with E-state index in [4.69, 9.17) is 0 Å². The number of carbonyl (C=O) groups excluding carboxylic acids is 1. The molecule has 0 saturated heterocycles. The summed E-state index contributed by atoms with van der Waals surface area (Å²) in [5.41, 5.74) is 1.29. The molecule has 0 aliphatic rings. The van der Waals surface area contributed by atoms with Gasteiger partial charge in [0.1, 0.15) is 0 Å². The van der Waals surface area contributed by atoms with Gasteiger partial charge in [-0.1, -0.05) is 4.98 Å². The van der Waals surface area contributed by atoms with E-state index in [0.29, 0.717) is 5.56 Å². The van der Waals surface area contributed by atoms with E-state index in [1.165, 1.54) is 24.3 Å². The number of carbonyl (C=O) groups is 1. The van der Waals surface area contributed by atoms with Crippen LogP contribution in [0, 0.1) is 17.0 Å². The number of hydrogen-bond acceptors (Lipinski definition) is 4. The Kier molecular flexibility index (Phi) is 5.45. The molecule has 6 nitrogen and oxygen atoms in total. The van der Waals surface area contributed by atoms with Crippen LogP contribution >= 0.6 is 0 Å². The van der Waals surface area contributed by atoms with E-state index in [2.05, 4.69) is 4.98 Å². The third-order valence-corrected chi connectivity index (χ3v) is 2.64. The van der Waals surface area contributed by atoms with Crippen LogP contribution in [0.3, 0.4) is 0 Å². The Morgan fingerprint density at radius 1 is 1.30 bits per heavy atom. The Bertz CT molecular complexity index is 612. The van der Waals surface area contributed by atoms with E-state index in [-0.39, 0.29) is 35.0 Å². The summed E-state index contributed by atoms with van der Waals surface area (Å²) in [4.78, 5) is 26.1. The van der Waals surface area contributed by atoms with Crippen LogP contribution in [0.2, 0.25) is 0 Å². The highest BCUT2D eigenvalue weighted by molar-refractivity contribution is 5.95. The van der Waals surface area contributed by atoms with Gasteiger partial charge in [0.05, 0.1) is 11.1 Å². The molecule has 0 saturated carbocycles. The molecule has 1 heterocycles. The maximum absolute atomic E-state index is 12.0. The predicted molar refractivity (Wildman–Crippen MR) is 66.6 cm³/mol. The average Bonchev–Trinajstić information content (AvgIpc) is 2.41. The fourth-order valence-corrected chi connectivity index (χ4v) is 1.57. The Balaban J connectivity index is 0.00000200. The Morgan fingerprint density at radius 2 is 1.95 bits per heavy atom. The van der Waals surface area contributed by atoms with E-state index >= 15 is 0 Å². The summed E-state index contributed by atoms with van der Waals surface area (Å²) in [6.07, 6.45) is 3.35. The number of halogens is 1. The second-order valence-electron chi connectivity index (χ2n) is 4.10. The number of nitro benzene ring substituents is 1. The molecule has 0 aliphatic carbocycles. The maximum Gasteiger partial charge on any atom is 0.286 e. The van der Waals surface area contributed by atoms with Crippen molar-refractivity contribution in [3.05, 3.63) is 64.2 Å². The molecular weight excluding hydrogens is 326 g/mol. The first-order chi connectivity index (χ1) is 9.06. The molecule has 0 fully saturated rings. The molecule has 0 unspecified atom stereocenters. The molecular formula is C13H12BrN3O3. The summed E-state index contributed by atoms with van der Waals surface area (Å²) in [5, 5.41) is 10.5. The monoisotopic (exact) mass is 337 g/mol. The summed E-state index contributed by atoms with van der Waals surface area (Å²) in [6, 6.07) is 7.38. The van der Waals surface area contributed by atoms with Gasteiger partial charge in [-0.25, -0.2) is 4.57 Å². The maximum atomic E-state index is 12.0. The van der Waals surface area contributed by atoms with E-state index in [1.807, 2.05) is 13.0 Å². The fraction of sp³-hybridized carbons (Fsp3) is 0.154. The van der Waals surface area contributed by atoms with Crippen LogP contribution in [0.5, 0.6) is 0 Å². The van der Waals surface area contributed by atoms with Gasteiger partial charge in [0, 0.05) is 30.7 Å². The molecule has 20 heavy (non-hydrogen) atoms. The third kappa shape index (κ3) is 3.92. The van der Waals surface area contributed by atoms with Crippen molar-refractivity contribution >= 4 is 11.5 Å². The number of aryl methyl sites for hydroxylation is 1. The van der Waals surface area contributed by atoms with Gasteiger partial charge in [0.25, 0.3) is 12.0 Å². The molecule has 104 valence electrons. The van der Waals surface area contributed by atoms with Gasteiger partial charge in [0.2, 0.25) is 5.78 Å². The first kappa shape index (κ1) is 15.9. The van der Waals surface area contributed by atoms with Gasteiger partial charge >= 0.3 is 0 Å². The molecule has 0 N–H and O–H groups in total. The first-order valence-electron chi connectivity index (χ1n) is 5.65. The number of nitro groups is 1. The lowest BCUT2D eigenvalue weighted by Gasteiger charge is -1.99. The molecule has 0 aliphatic heterocycles. The fourth-order valence-electron chi connectivity index (χ4n) is 1.57. The van der Waals surface area contributed by atoms with Crippen molar-refractivity contribution in [1.29, 1.82) is 0 Å². The van der Waals surface area contributed by atoms with Crippen LogP contribution in [0.25, 0.3) is 0 Å². The summed E-state index contributed by atoms with van der Waals surface area (Å²) >= 11 is 0. The van der Waals surface area contributed by atoms with Crippen LogP contribution < -0.4 is 21.5 Å². The predicted octanol–water partition coefficient (Wildman–Crippen LogP) is -1.53. The molecule has 1 aromatic heterocycles. The molecule has 1 aromatic carbocycles. The van der Waals surface area contributed by atoms with Gasteiger partial charge in [-0.05, 0) is 12.1 Å². The van der Waals surface area contributed by atoms with E-state index < -0.39 is 4.92 Å². The highest BCUT2D eigenvalue weighted by Crippen LogP contribution is 2.12. The van der Waals surface area contributed by atoms with E-state index in [1.54, 1.807) is 17.1 Å². The zero-order chi connectivity index (χ0) is 13.8. The number of non-ortho nitro benzene ring substituents is 1. The number of nitrogens with zero attached hydrogens (tertiary/aromatic N) is 3. The van der Waals surface area contributed by atoms with Crippen molar-refractivity contribution < 1.29 is 31.3 Å². The smallest absolute Gasteiger partial charge is 0.286 e. The van der Waals surface area contributed by atoms with Crippen molar-refractivity contribution in [2.45, 2.75) is 13.5 Å². The Hall–Kier alpha value is -2.15. The molecule has 0 amide bonds. The highest BCUT2D eigenvalue weighted by atomic mass is 79.9.